The van der Waals surface area contributed by atoms with Crippen molar-refractivity contribution in [3.8, 4) is 11.5 Å². The molecule has 1 amide bonds. The number of hydrazone groups is 1. The Kier molecular flexibility index (Phi) is 5.90. The van der Waals surface area contributed by atoms with E-state index < -0.39 is 5.54 Å². The molecular formula is C31H32N6O2. The molecule has 4 aromatic rings. The van der Waals surface area contributed by atoms with Gasteiger partial charge in [-0.05, 0) is 57.0 Å². The first-order valence-corrected chi connectivity index (χ1v) is 13.3. The molecule has 1 aromatic heterocycles. The van der Waals surface area contributed by atoms with E-state index in [0.29, 0.717) is 22.9 Å². The second-order valence-corrected chi connectivity index (χ2v) is 10.0. The summed E-state index contributed by atoms with van der Waals surface area (Å²) >= 11 is 0. The summed E-state index contributed by atoms with van der Waals surface area (Å²) in [6.07, 6.45) is 5.22. The Morgan fingerprint density at radius 1 is 0.949 bits per heavy atom. The number of hydrogen-bond donors (Lipinski definition) is 2. The number of anilines is 2. The molecule has 39 heavy (non-hydrogen) atoms. The van der Waals surface area contributed by atoms with Gasteiger partial charge in [-0.2, -0.15) is 5.10 Å². The molecule has 198 valence electrons. The highest BCUT2D eigenvalue weighted by molar-refractivity contribution is 6.03. The summed E-state index contributed by atoms with van der Waals surface area (Å²) in [5, 5.41) is 13.4. The van der Waals surface area contributed by atoms with Gasteiger partial charge in [0.2, 0.25) is 0 Å². The van der Waals surface area contributed by atoms with E-state index in [2.05, 4.69) is 55.4 Å². The number of nitrogens with zero attached hydrogens (tertiary/aromatic N) is 4. The van der Waals surface area contributed by atoms with Crippen LogP contribution in [0.5, 0.6) is 11.5 Å². The first-order chi connectivity index (χ1) is 18.9. The number of imidazole rings is 1. The predicted molar refractivity (Wildman–Crippen MR) is 154 cm³/mol. The van der Waals surface area contributed by atoms with Crippen LogP contribution in [0.25, 0.3) is 0 Å². The summed E-state index contributed by atoms with van der Waals surface area (Å²) in [6.45, 7) is 9.86. The molecule has 0 saturated carbocycles. The van der Waals surface area contributed by atoms with Gasteiger partial charge >= 0.3 is 0 Å². The lowest BCUT2D eigenvalue weighted by Gasteiger charge is -2.42. The van der Waals surface area contributed by atoms with Crippen LogP contribution >= 0.6 is 0 Å². The predicted octanol–water partition coefficient (Wildman–Crippen LogP) is 5.79. The number of fused-ring (bicyclic) bond motifs is 6. The number of carbonyl (C=O) groups is 1. The Bertz CT molecular complexity index is 1570. The lowest BCUT2D eigenvalue weighted by molar-refractivity contribution is 0.0675. The van der Waals surface area contributed by atoms with Crippen molar-refractivity contribution >= 4 is 23.5 Å². The van der Waals surface area contributed by atoms with Crippen LogP contribution in [0, 0.1) is 13.8 Å². The van der Waals surface area contributed by atoms with Gasteiger partial charge in [0.1, 0.15) is 17.0 Å². The van der Waals surface area contributed by atoms with Crippen molar-refractivity contribution in [3.63, 3.8) is 0 Å². The number of benzene rings is 3. The van der Waals surface area contributed by atoms with Gasteiger partial charge in [-0.15, -0.1) is 0 Å². The van der Waals surface area contributed by atoms with Gasteiger partial charge in [0.05, 0.1) is 6.21 Å². The third kappa shape index (κ3) is 3.62. The Balaban J connectivity index is 1.70. The van der Waals surface area contributed by atoms with Gasteiger partial charge in [-0.1, -0.05) is 18.2 Å². The van der Waals surface area contributed by atoms with Crippen LogP contribution in [0.15, 0.2) is 66.0 Å². The lowest BCUT2D eigenvalue weighted by Crippen LogP contribution is -2.44. The minimum Gasteiger partial charge on any atom is -0.456 e. The molecule has 3 heterocycles. The third-order valence-corrected chi connectivity index (χ3v) is 7.59. The zero-order chi connectivity index (χ0) is 27.3. The Morgan fingerprint density at radius 2 is 1.56 bits per heavy atom. The zero-order valence-electron chi connectivity index (χ0n) is 22.9. The molecule has 1 spiro atoms. The molecule has 0 aliphatic carbocycles. The van der Waals surface area contributed by atoms with E-state index in [0.717, 1.165) is 52.3 Å². The lowest BCUT2D eigenvalue weighted by atomic mass is 9.74. The number of carbonyl (C=O) groups excluding carboxylic acids is 1. The molecule has 0 bridgehead atoms. The van der Waals surface area contributed by atoms with Gasteiger partial charge in [-0.3, -0.25) is 4.79 Å². The van der Waals surface area contributed by atoms with Crippen molar-refractivity contribution in [2.45, 2.75) is 33.2 Å². The molecule has 0 saturated heterocycles. The summed E-state index contributed by atoms with van der Waals surface area (Å²) in [7, 11) is 1.90. The van der Waals surface area contributed by atoms with Crippen molar-refractivity contribution < 1.29 is 9.53 Å². The second-order valence-electron chi connectivity index (χ2n) is 10.0. The Labute approximate surface area is 228 Å². The van der Waals surface area contributed by atoms with Crippen molar-refractivity contribution in [1.82, 2.24) is 14.6 Å². The number of nitrogens with one attached hydrogen (secondary N) is 2. The van der Waals surface area contributed by atoms with E-state index in [1.54, 1.807) is 17.4 Å². The molecular weight excluding hydrogens is 488 g/mol. The van der Waals surface area contributed by atoms with Crippen LogP contribution in [0.1, 0.15) is 57.8 Å². The smallest absolute Gasteiger partial charge is 0.275 e. The molecule has 0 atom stereocenters. The molecule has 8 nitrogen and oxygen atoms in total. The van der Waals surface area contributed by atoms with E-state index in [9.17, 15) is 4.79 Å². The topological polar surface area (TPSA) is 83.8 Å². The number of aromatic nitrogens is 2. The first-order valence-electron chi connectivity index (χ1n) is 13.3. The molecule has 0 unspecified atom stereocenters. The van der Waals surface area contributed by atoms with Crippen molar-refractivity contribution in [2.24, 2.45) is 12.1 Å². The van der Waals surface area contributed by atoms with Crippen LogP contribution < -0.4 is 15.4 Å². The summed E-state index contributed by atoms with van der Waals surface area (Å²) in [5.74, 6) is 1.87. The van der Waals surface area contributed by atoms with Crippen LogP contribution in [0.3, 0.4) is 0 Å². The number of hydrogen-bond acceptors (Lipinski definition) is 6. The summed E-state index contributed by atoms with van der Waals surface area (Å²) in [5.41, 5.74) is 6.34. The third-order valence-electron chi connectivity index (χ3n) is 7.59. The van der Waals surface area contributed by atoms with Gasteiger partial charge in [0.25, 0.3) is 5.91 Å². The Morgan fingerprint density at radius 3 is 2.13 bits per heavy atom. The monoisotopic (exact) mass is 520 g/mol. The molecule has 0 radical (unpaired) electrons. The van der Waals surface area contributed by atoms with Crippen LogP contribution in [-0.4, -0.2) is 39.8 Å². The quantitative estimate of drug-likeness (QED) is 0.315. The summed E-state index contributed by atoms with van der Waals surface area (Å²) in [4.78, 5) is 18.6. The van der Waals surface area contributed by atoms with Gasteiger partial charge in [-0.25, -0.2) is 9.99 Å². The van der Waals surface area contributed by atoms with Crippen LogP contribution in [0.4, 0.5) is 11.4 Å². The Hall–Kier alpha value is -4.59. The van der Waals surface area contributed by atoms with Crippen molar-refractivity contribution in [1.29, 1.82) is 0 Å². The molecule has 2 aliphatic heterocycles. The highest BCUT2D eigenvalue weighted by Gasteiger charge is 2.57. The van der Waals surface area contributed by atoms with Crippen LogP contribution in [0.2, 0.25) is 0 Å². The zero-order valence-corrected chi connectivity index (χ0v) is 22.9. The van der Waals surface area contributed by atoms with E-state index in [1.165, 1.54) is 0 Å². The molecule has 3 aromatic carbocycles. The minimum atomic E-state index is -1.02. The summed E-state index contributed by atoms with van der Waals surface area (Å²) < 4.78 is 8.50. The van der Waals surface area contributed by atoms with E-state index in [-0.39, 0.29) is 5.91 Å². The average molecular weight is 521 g/mol. The maximum absolute atomic E-state index is 14.2. The number of amides is 1. The fraction of sp³-hybridized carbons (Fsp3) is 0.258. The molecule has 8 heteroatoms. The second kappa shape index (κ2) is 9.31. The fourth-order valence-corrected chi connectivity index (χ4v) is 5.77. The maximum atomic E-state index is 14.2. The normalized spacial score (nSPS) is 14.8. The first kappa shape index (κ1) is 24.7. The van der Waals surface area contributed by atoms with Gasteiger partial charge < -0.3 is 19.9 Å². The molecule has 0 fully saturated rings. The molecule has 2 N–H and O–H groups in total. The number of ether oxygens (including phenoxy) is 1. The van der Waals surface area contributed by atoms with Gasteiger partial charge in [0, 0.05) is 78.3 Å². The highest BCUT2D eigenvalue weighted by atomic mass is 16.5. The minimum absolute atomic E-state index is 0.170. The molecule has 2 aliphatic rings. The highest BCUT2D eigenvalue weighted by Crippen LogP contribution is 2.58. The van der Waals surface area contributed by atoms with E-state index in [4.69, 9.17) is 9.84 Å². The SMILES string of the molecule is CCNc1cc2c(cc1C)C1(c3cc(C)c(NCC)cc3O2)c2ccccc2C(=O)N1N=Cc1nccn1C. The van der Waals surface area contributed by atoms with E-state index >= 15 is 0 Å². The van der Waals surface area contributed by atoms with Crippen molar-refractivity contribution in [3.05, 3.63) is 100 Å². The van der Waals surface area contributed by atoms with Crippen molar-refractivity contribution in [2.75, 3.05) is 23.7 Å². The van der Waals surface area contributed by atoms with Gasteiger partial charge in [0.15, 0.2) is 5.82 Å². The number of aryl methyl sites for hydroxylation is 3. The fourth-order valence-electron chi connectivity index (χ4n) is 5.77. The average Bonchev–Trinajstić information content (AvgIpc) is 3.44. The summed E-state index contributed by atoms with van der Waals surface area (Å²) in [6, 6.07) is 16.1. The molecule has 6 rings (SSSR count). The van der Waals surface area contributed by atoms with Crippen LogP contribution in [-0.2, 0) is 12.6 Å². The van der Waals surface area contributed by atoms with E-state index in [1.807, 2.05) is 54.2 Å². The largest absolute Gasteiger partial charge is 0.456 e. The number of rotatable bonds is 6. The standard InChI is InChI=1S/C31H32N6O2/c1-6-32-25-16-27-23(14-19(25)3)31(24-15-20(4)26(33-7-2)17-28(24)39-27)22-11-9-8-10-21(22)30(38)37(31)35-18-29-34-12-13-36(29)5/h8-18,32-33H,6-7H2,1-5H3. The maximum Gasteiger partial charge on any atom is 0.275 e.